The molecule has 0 spiro atoms. The number of nitrogens with zero attached hydrogens (tertiary/aromatic N) is 3. The molecule has 1 aromatic heterocycles. The van der Waals surface area contributed by atoms with Crippen LogP contribution < -0.4 is 22.2 Å². The fourth-order valence-electron chi connectivity index (χ4n) is 5.48. The number of hydrogen-bond acceptors (Lipinski definition) is 3. The Morgan fingerprint density at radius 2 is 1.07 bits per heavy atom. The summed E-state index contributed by atoms with van der Waals surface area (Å²) in [4.78, 5) is 8.90. The van der Waals surface area contributed by atoms with Crippen molar-refractivity contribution in [2.75, 3.05) is 9.80 Å². The first-order chi connectivity index (χ1) is 20.2. The van der Waals surface area contributed by atoms with Crippen LogP contribution in [0.15, 0.2) is 97.5 Å². The second-order valence-electron chi connectivity index (χ2n) is 12.3. The smallest absolute Gasteiger partial charge is 1.00 e. The van der Waals surface area contributed by atoms with Gasteiger partial charge in [0.05, 0.1) is 0 Å². The van der Waals surface area contributed by atoms with Gasteiger partial charge in [0.1, 0.15) is 0 Å². The average Bonchev–Trinajstić information content (AvgIpc) is 3.47. The van der Waals surface area contributed by atoms with E-state index < -0.39 is 0 Å². The van der Waals surface area contributed by atoms with E-state index in [1.54, 1.807) is 0 Å². The Balaban J connectivity index is 0.000000378. The standard InChI is InChI=1S/C27H37N2.C12H10N.ClH.Pd/c1-18(2)22-11-9-12-23(19(3)4)26(22)28-15-16-29(17-28)27-24(20(5)6)13-10-14-25(27)21(7)8;1-2-6-11(7-3-1)10-12-8-4-5-9-13-12;;/h9-21H,1-8H3;1-6,8-9H,10H2;1H;/q2*-1;;+2/p-1. The first kappa shape index (κ1) is 37.3. The molecule has 4 aromatic rings. The molecule has 0 unspecified atom stereocenters. The van der Waals surface area contributed by atoms with Gasteiger partial charge in [0, 0.05) is 23.3 Å². The Morgan fingerprint density at radius 1 is 0.614 bits per heavy atom. The van der Waals surface area contributed by atoms with Crippen LogP contribution in [-0.2, 0) is 26.8 Å². The monoisotopic (exact) mass is 698 g/mol. The Kier molecular flexibility index (Phi) is 14.9. The quantitative estimate of drug-likeness (QED) is 0.140. The van der Waals surface area contributed by atoms with Crippen molar-refractivity contribution in [3.05, 3.63) is 144 Å². The summed E-state index contributed by atoms with van der Waals surface area (Å²) in [5.74, 6) is 1.92. The molecule has 0 saturated carbocycles. The molecule has 3 nitrogen and oxygen atoms in total. The summed E-state index contributed by atoms with van der Waals surface area (Å²) in [5, 5.41) is 0. The molecule has 44 heavy (non-hydrogen) atoms. The maximum absolute atomic E-state index is 4.25. The van der Waals surface area contributed by atoms with E-state index in [1.165, 1.54) is 39.2 Å². The van der Waals surface area contributed by atoms with Crippen LogP contribution in [0.1, 0.15) is 113 Å². The minimum atomic E-state index is 0. The Bertz CT molecular complexity index is 1290. The third-order valence-electron chi connectivity index (χ3n) is 7.71. The summed E-state index contributed by atoms with van der Waals surface area (Å²) >= 11 is 0. The predicted molar refractivity (Wildman–Crippen MR) is 180 cm³/mol. The van der Waals surface area contributed by atoms with Crippen LogP contribution in [-0.4, -0.2) is 4.98 Å². The van der Waals surface area contributed by atoms with E-state index >= 15 is 0 Å². The molecule has 0 bridgehead atoms. The molecule has 0 radical (unpaired) electrons. The van der Waals surface area contributed by atoms with Gasteiger partial charge in [-0.1, -0.05) is 97.9 Å². The Labute approximate surface area is 286 Å². The topological polar surface area (TPSA) is 19.4 Å². The maximum Gasteiger partial charge on any atom is 2.00 e. The van der Waals surface area contributed by atoms with E-state index in [2.05, 4.69) is 138 Å². The normalized spacial score (nSPS) is 12.4. The SMILES string of the molecule is CC(C)c1cccc(C(C)C)c1N1C=CN(c2c(C(C)C)cccc2C(C)C)[CH-]1.[Cl-].[Pd+2].[c-]1ccccc1Cc1ccccn1. The maximum atomic E-state index is 4.25. The van der Waals surface area contributed by atoms with Gasteiger partial charge in [0.15, 0.2) is 0 Å². The molecule has 1 aliphatic rings. The number of pyridine rings is 1. The molecule has 0 aliphatic carbocycles. The van der Waals surface area contributed by atoms with Gasteiger partial charge in [-0.3, -0.25) is 4.98 Å². The first-order valence-corrected chi connectivity index (χ1v) is 15.4. The van der Waals surface area contributed by atoms with Crippen molar-refractivity contribution in [3.63, 3.8) is 0 Å². The van der Waals surface area contributed by atoms with Crippen molar-refractivity contribution in [2.24, 2.45) is 0 Å². The van der Waals surface area contributed by atoms with Crippen molar-refractivity contribution in [1.29, 1.82) is 0 Å². The molecular formula is C39H47ClN3Pd-. The van der Waals surface area contributed by atoms with Crippen molar-refractivity contribution in [1.82, 2.24) is 4.98 Å². The molecule has 0 fully saturated rings. The number of rotatable bonds is 8. The summed E-state index contributed by atoms with van der Waals surface area (Å²) in [6, 6.07) is 30.6. The van der Waals surface area contributed by atoms with E-state index in [0.29, 0.717) is 23.7 Å². The van der Waals surface area contributed by atoms with Crippen LogP contribution in [0.25, 0.3) is 0 Å². The van der Waals surface area contributed by atoms with Crippen LogP contribution in [0.3, 0.4) is 0 Å². The molecule has 0 N–H and O–H groups in total. The van der Waals surface area contributed by atoms with Gasteiger partial charge in [-0.15, -0.1) is 6.67 Å². The van der Waals surface area contributed by atoms with Gasteiger partial charge in [-0.25, -0.2) is 0 Å². The van der Waals surface area contributed by atoms with Crippen molar-refractivity contribution in [2.45, 2.75) is 85.5 Å². The number of halogens is 1. The zero-order valence-corrected chi connectivity index (χ0v) is 29.7. The fraction of sp³-hybridized carbons (Fsp3) is 0.333. The first-order valence-electron chi connectivity index (χ1n) is 15.4. The van der Waals surface area contributed by atoms with Gasteiger partial charge >= 0.3 is 20.4 Å². The summed E-state index contributed by atoms with van der Waals surface area (Å²) in [5.41, 5.74) is 10.6. The Morgan fingerprint density at radius 3 is 1.43 bits per heavy atom. The van der Waals surface area contributed by atoms with Gasteiger partial charge in [0.25, 0.3) is 0 Å². The largest absolute Gasteiger partial charge is 2.00 e. The van der Waals surface area contributed by atoms with Gasteiger partial charge in [0.2, 0.25) is 0 Å². The van der Waals surface area contributed by atoms with Gasteiger partial charge in [-0.05, 0) is 76.9 Å². The van der Waals surface area contributed by atoms with Crippen LogP contribution in [0, 0.1) is 12.7 Å². The summed E-state index contributed by atoms with van der Waals surface area (Å²) in [6.07, 6.45) is 7.11. The number of aromatic nitrogens is 1. The third kappa shape index (κ3) is 9.31. The average molecular weight is 700 g/mol. The van der Waals surface area contributed by atoms with Crippen LogP contribution >= 0.6 is 0 Å². The zero-order valence-electron chi connectivity index (χ0n) is 27.4. The molecule has 5 rings (SSSR count). The van der Waals surface area contributed by atoms with E-state index in [9.17, 15) is 0 Å². The minimum Gasteiger partial charge on any atom is -1.00 e. The van der Waals surface area contributed by atoms with Crippen LogP contribution in [0.2, 0.25) is 0 Å². The van der Waals surface area contributed by atoms with Crippen molar-refractivity contribution >= 4 is 11.4 Å². The number of benzene rings is 3. The molecule has 5 heteroatoms. The number of para-hydroxylation sites is 2. The summed E-state index contributed by atoms with van der Waals surface area (Å²) in [7, 11) is 0. The summed E-state index contributed by atoms with van der Waals surface area (Å²) < 4.78 is 0. The van der Waals surface area contributed by atoms with Gasteiger partial charge in [-0.2, -0.15) is 35.9 Å². The number of hydrogen-bond donors (Lipinski definition) is 0. The van der Waals surface area contributed by atoms with E-state index in [4.69, 9.17) is 0 Å². The minimum absolute atomic E-state index is 0. The fourth-order valence-corrected chi connectivity index (χ4v) is 5.48. The molecule has 1 aliphatic heterocycles. The molecule has 0 amide bonds. The molecule has 3 aromatic carbocycles. The third-order valence-corrected chi connectivity index (χ3v) is 7.71. The summed E-state index contributed by atoms with van der Waals surface area (Å²) in [6.45, 7) is 20.5. The second kappa shape index (κ2) is 17.6. The van der Waals surface area contributed by atoms with E-state index in [1.807, 2.05) is 42.6 Å². The molecular weight excluding hydrogens is 652 g/mol. The molecule has 2 heterocycles. The molecule has 0 saturated heterocycles. The van der Waals surface area contributed by atoms with Gasteiger partial charge < -0.3 is 22.2 Å². The van der Waals surface area contributed by atoms with Crippen molar-refractivity contribution in [3.8, 4) is 0 Å². The van der Waals surface area contributed by atoms with Crippen LogP contribution in [0.5, 0.6) is 0 Å². The zero-order chi connectivity index (χ0) is 30.2. The second-order valence-corrected chi connectivity index (χ2v) is 12.3. The predicted octanol–water partition coefficient (Wildman–Crippen LogP) is 7.57. The van der Waals surface area contributed by atoms with E-state index in [0.717, 1.165) is 12.1 Å². The van der Waals surface area contributed by atoms with Crippen LogP contribution in [0.4, 0.5) is 11.4 Å². The Hall–Kier alpha value is -2.90. The van der Waals surface area contributed by atoms with Crippen molar-refractivity contribution < 1.29 is 32.8 Å². The number of anilines is 2. The molecule has 0 atom stereocenters. The van der Waals surface area contributed by atoms with E-state index in [-0.39, 0.29) is 32.8 Å². The molecule has 236 valence electrons.